The zero-order chi connectivity index (χ0) is 17.1. The third kappa shape index (κ3) is 4.27. The maximum absolute atomic E-state index is 13.0. The van der Waals surface area contributed by atoms with Crippen molar-refractivity contribution in [1.82, 2.24) is 14.9 Å². The first-order chi connectivity index (χ1) is 11.5. The van der Waals surface area contributed by atoms with Gasteiger partial charge in [0.2, 0.25) is 0 Å². The van der Waals surface area contributed by atoms with Crippen LogP contribution in [0.4, 0.5) is 4.39 Å². The van der Waals surface area contributed by atoms with Crippen LogP contribution >= 0.6 is 0 Å². The molecular formula is C18H22FN3O2. The predicted molar refractivity (Wildman–Crippen MR) is 89.0 cm³/mol. The molecule has 1 atom stereocenters. The van der Waals surface area contributed by atoms with Crippen LogP contribution in [0.2, 0.25) is 0 Å². The summed E-state index contributed by atoms with van der Waals surface area (Å²) in [5.41, 5.74) is 1.31. The van der Waals surface area contributed by atoms with Gasteiger partial charge in [0.1, 0.15) is 11.6 Å². The first-order valence-corrected chi connectivity index (χ1v) is 8.32. The molecule has 0 saturated heterocycles. The number of benzene rings is 1. The second-order valence-electron chi connectivity index (χ2n) is 6.26. The van der Waals surface area contributed by atoms with E-state index in [0.29, 0.717) is 36.9 Å². The van der Waals surface area contributed by atoms with E-state index in [4.69, 9.17) is 0 Å². The molecule has 1 aliphatic carbocycles. The molecular weight excluding hydrogens is 309 g/mol. The molecule has 1 aromatic carbocycles. The SMILES string of the molecule is CCc1cc(=O)[nH]c(CN(CC(O)c2ccc(F)cc2)C2CC2)n1. The molecule has 1 saturated carbocycles. The second-order valence-corrected chi connectivity index (χ2v) is 6.26. The van der Waals surface area contributed by atoms with Gasteiger partial charge in [-0.2, -0.15) is 0 Å². The molecule has 5 nitrogen and oxygen atoms in total. The number of hydrogen-bond acceptors (Lipinski definition) is 4. The Kier molecular flexibility index (Phi) is 5.06. The summed E-state index contributed by atoms with van der Waals surface area (Å²) in [6.45, 7) is 2.88. The summed E-state index contributed by atoms with van der Waals surface area (Å²) in [6, 6.07) is 7.81. The monoisotopic (exact) mass is 331 g/mol. The molecule has 1 aliphatic rings. The van der Waals surface area contributed by atoms with Gasteiger partial charge in [0.15, 0.2) is 0 Å². The molecule has 1 unspecified atom stereocenters. The number of rotatable bonds is 7. The fourth-order valence-electron chi connectivity index (χ4n) is 2.81. The average molecular weight is 331 g/mol. The van der Waals surface area contributed by atoms with Crippen molar-refractivity contribution in [2.75, 3.05) is 6.54 Å². The van der Waals surface area contributed by atoms with E-state index in [0.717, 1.165) is 18.5 Å². The minimum Gasteiger partial charge on any atom is -0.387 e. The Morgan fingerprint density at radius 1 is 1.38 bits per heavy atom. The summed E-state index contributed by atoms with van der Waals surface area (Å²) in [6.07, 6.45) is 2.16. The van der Waals surface area contributed by atoms with E-state index in [2.05, 4.69) is 14.9 Å². The third-order valence-corrected chi connectivity index (χ3v) is 4.28. The standard InChI is InChI=1S/C18H22FN3O2/c1-2-14-9-18(24)21-17(20-14)11-22(15-7-8-15)10-16(23)12-3-5-13(19)6-4-12/h3-6,9,15-16,23H,2,7-8,10-11H2,1H3,(H,20,21,24). The van der Waals surface area contributed by atoms with Crippen molar-refractivity contribution in [3.8, 4) is 0 Å². The lowest BCUT2D eigenvalue weighted by molar-refractivity contribution is 0.103. The molecule has 0 amide bonds. The maximum Gasteiger partial charge on any atom is 0.251 e. The Morgan fingerprint density at radius 2 is 2.08 bits per heavy atom. The summed E-state index contributed by atoms with van der Waals surface area (Å²) in [5, 5.41) is 10.4. The van der Waals surface area contributed by atoms with Gasteiger partial charge in [0.05, 0.1) is 12.6 Å². The van der Waals surface area contributed by atoms with Gasteiger partial charge in [-0.25, -0.2) is 9.37 Å². The largest absolute Gasteiger partial charge is 0.387 e. The Bertz CT molecular complexity index is 741. The second kappa shape index (κ2) is 7.23. The zero-order valence-electron chi connectivity index (χ0n) is 13.7. The van der Waals surface area contributed by atoms with Gasteiger partial charge >= 0.3 is 0 Å². The number of aryl methyl sites for hydroxylation is 1. The van der Waals surface area contributed by atoms with E-state index >= 15 is 0 Å². The zero-order valence-corrected chi connectivity index (χ0v) is 13.7. The Morgan fingerprint density at radius 3 is 2.71 bits per heavy atom. The van der Waals surface area contributed by atoms with E-state index in [1.165, 1.54) is 18.2 Å². The van der Waals surface area contributed by atoms with Crippen LogP contribution in [0.1, 0.15) is 43.0 Å². The fraction of sp³-hybridized carbons (Fsp3) is 0.444. The number of aliphatic hydroxyl groups excluding tert-OH is 1. The van der Waals surface area contributed by atoms with Crippen LogP contribution < -0.4 is 5.56 Å². The lowest BCUT2D eigenvalue weighted by atomic mass is 10.1. The van der Waals surface area contributed by atoms with E-state index < -0.39 is 6.10 Å². The number of nitrogens with one attached hydrogen (secondary N) is 1. The van der Waals surface area contributed by atoms with Crippen LogP contribution in [0.15, 0.2) is 35.1 Å². The smallest absolute Gasteiger partial charge is 0.251 e. The number of halogens is 1. The number of aromatic nitrogens is 2. The van der Waals surface area contributed by atoms with Crippen molar-refractivity contribution in [3.63, 3.8) is 0 Å². The van der Waals surface area contributed by atoms with Crippen LogP contribution in [0.25, 0.3) is 0 Å². The van der Waals surface area contributed by atoms with Gasteiger partial charge in [-0.1, -0.05) is 19.1 Å². The van der Waals surface area contributed by atoms with Gasteiger partial charge in [0.25, 0.3) is 5.56 Å². The number of aromatic amines is 1. The number of H-pyrrole nitrogens is 1. The molecule has 0 aliphatic heterocycles. The van der Waals surface area contributed by atoms with Crippen molar-refractivity contribution >= 4 is 0 Å². The van der Waals surface area contributed by atoms with E-state index in [1.807, 2.05) is 6.92 Å². The molecule has 128 valence electrons. The lowest BCUT2D eigenvalue weighted by Crippen LogP contribution is -2.32. The average Bonchev–Trinajstić information content (AvgIpc) is 3.39. The summed E-state index contributed by atoms with van der Waals surface area (Å²) >= 11 is 0. The predicted octanol–water partition coefficient (Wildman–Crippen LogP) is 2.17. The van der Waals surface area contributed by atoms with E-state index in [1.54, 1.807) is 12.1 Å². The first-order valence-electron chi connectivity index (χ1n) is 8.32. The fourth-order valence-corrected chi connectivity index (χ4v) is 2.81. The Balaban J connectivity index is 1.72. The molecule has 0 bridgehead atoms. The first kappa shape index (κ1) is 16.8. The molecule has 0 radical (unpaired) electrons. The Labute approximate surface area is 140 Å². The van der Waals surface area contributed by atoms with Crippen molar-refractivity contribution in [2.24, 2.45) is 0 Å². The van der Waals surface area contributed by atoms with Gasteiger partial charge in [-0.15, -0.1) is 0 Å². The molecule has 1 aromatic heterocycles. The minimum absolute atomic E-state index is 0.147. The van der Waals surface area contributed by atoms with Crippen LogP contribution in [0.5, 0.6) is 0 Å². The Hall–Kier alpha value is -2.05. The van der Waals surface area contributed by atoms with E-state index in [9.17, 15) is 14.3 Å². The number of hydrogen-bond donors (Lipinski definition) is 2. The normalized spacial score (nSPS) is 15.7. The molecule has 3 rings (SSSR count). The number of aliphatic hydroxyl groups is 1. The molecule has 1 heterocycles. The summed E-state index contributed by atoms with van der Waals surface area (Å²) in [4.78, 5) is 21.1. The van der Waals surface area contributed by atoms with Crippen molar-refractivity contribution in [2.45, 2.75) is 44.9 Å². The molecule has 2 aromatic rings. The van der Waals surface area contributed by atoms with Gasteiger partial charge in [0, 0.05) is 24.3 Å². The van der Waals surface area contributed by atoms with Gasteiger partial charge in [-0.05, 0) is 37.0 Å². The quantitative estimate of drug-likeness (QED) is 0.816. The van der Waals surface area contributed by atoms with Crippen molar-refractivity contribution in [1.29, 1.82) is 0 Å². The van der Waals surface area contributed by atoms with Gasteiger partial charge in [-0.3, -0.25) is 9.69 Å². The maximum atomic E-state index is 13.0. The molecule has 6 heteroatoms. The highest BCUT2D eigenvalue weighted by atomic mass is 19.1. The highest BCUT2D eigenvalue weighted by molar-refractivity contribution is 5.19. The molecule has 2 N–H and O–H groups in total. The lowest BCUT2D eigenvalue weighted by Gasteiger charge is -2.24. The van der Waals surface area contributed by atoms with Crippen LogP contribution in [-0.2, 0) is 13.0 Å². The summed E-state index contributed by atoms with van der Waals surface area (Å²) in [7, 11) is 0. The number of nitrogens with zero attached hydrogens (tertiary/aromatic N) is 2. The highest BCUT2D eigenvalue weighted by Gasteiger charge is 2.31. The summed E-state index contributed by atoms with van der Waals surface area (Å²) in [5.74, 6) is 0.306. The highest BCUT2D eigenvalue weighted by Crippen LogP contribution is 2.29. The summed E-state index contributed by atoms with van der Waals surface area (Å²) < 4.78 is 13.0. The molecule has 24 heavy (non-hydrogen) atoms. The molecule has 0 spiro atoms. The minimum atomic E-state index is -0.702. The third-order valence-electron chi connectivity index (χ3n) is 4.28. The van der Waals surface area contributed by atoms with Crippen molar-refractivity contribution in [3.05, 3.63) is 63.6 Å². The van der Waals surface area contributed by atoms with Crippen LogP contribution in [0, 0.1) is 5.82 Å². The van der Waals surface area contributed by atoms with Gasteiger partial charge < -0.3 is 10.1 Å². The van der Waals surface area contributed by atoms with Crippen LogP contribution in [0.3, 0.4) is 0 Å². The van der Waals surface area contributed by atoms with E-state index in [-0.39, 0.29) is 11.4 Å². The van der Waals surface area contributed by atoms with Crippen molar-refractivity contribution < 1.29 is 9.50 Å². The van der Waals surface area contributed by atoms with Crippen LogP contribution in [-0.4, -0.2) is 32.6 Å². The topological polar surface area (TPSA) is 69.2 Å². The molecule has 1 fully saturated rings.